The Labute approximate surface area is 239 Å². The van der Waals surface area contributed by atoms with E-state index < -0.39 is 28.7 Å². The number of amides is 2. The lowest BCUT2D eigenvalue weighted by Crippen LogP contribution is -2.57. The molecule has 0 aromatic heterocycles. The molecule has 1 N–H and O–H groups in total. The number of hydrogen-bond donors (Lipinski definition) is 1. The molecule has 1 unspecified atom stereocenters. The molecule has 4 aliphatic rings. The lowest BCUT2D eigenvalue weighted by atomic mass is 9.78. The number of ether oxygens (including phenoxy) is 1. The number of halogens is 1. The number of fused-ring (bicyclic) bond motifs is 2. The maximum atomic E-state index is 14.7. The highest BCUT2D eigenvalue weighted by molar-refractivity contribution is 8.02. The van der Waals surface area contributed by atoms with E-state index in [0.717, 1.165) is 24.8 Å². The molecule has 0 saturated carbocycles. The molecule has 39 heavy (non-hydrogen) atoms. The van der Waals surface area contributed by atoms with Crippen LogP contribution in [0.15, 0.2) is 42.5 Å². The summed E-state index contributed by atoms with van der Waals surface area (Å²) in [5.74, 6) is -2.20. The predicted octanol–water partition coefficient (Wildman–Crippen LogP) is 4.54. The lowest BCUT2D eigenvalue weighted by molar-refractivity contribution is -0.153. The Morgan fingerprint density at radius 1 is 1.18 bits per heavy atom. The quantitative estimate of drug-likeness (QED) is 0.412. The highest BCUT2D eigenvalue weighted by Gasteiger charge is 2.71. The smallest absolute Gasteiger partial charge is 0.311 e. The normalized spacial score (nSPS) is 32.4. The number of anilines is 1. The molecule has 1 aromatic carbocycles. The molecule has 0 bridgehead atoms. The van der Waals surface area contributed by atoms with Gasteiger partial charge >= 0.3 is 5.97 Å². The number of aliphatic hydroxyl groups excluding tert-OH is 1. The molecule has 1 spiro atoms. The fourth-order valence-corrected chi connectivity index (χ4v) is 9.05. The summed E-state index contributed by atoms with van der Waals surface area (Å²) in [5.41, 5.74) is 1.47. The van der Waals surface area contributed by atoms with Crippen molar-refractivity contribution in [1.82, 2.24) is 4.90 Å². The average molecular weight is 573 g/mol. The van der Waals surface area contributed by atoms with E-state index in [4.69, 9.17) is 16.3 Å². The van der Waals surface area contributed by atoms with Crippen LogP contribution in [0.3, 0.4) is 0 Å². The van der Waals surface area contributed by atoms with Crippen molar-refractivity contribution in [2.24, 2.45) is 17.8 Å². The van der Waals surface area contributed by atoms with Crippen molar-refractivity contribution >= 4 is 46.8 Å². The summed E-state index contributed by atoms with van der Waals surface area (Å²) in [7, 11) is 0. The van der Waals surface area contributed by atoms with Gasteiger partial charge in [-0.15, -0.1) is 11.8 Å². The molecule has 4 aliphatic heterocycles. The van der Waals surface area contributed by atoms with Gasteiger partial charge < -0.3 is 19.6 Å². The van der Waals surface area contributed by atoms with Crippen LogP contribution < -0.4 is 4.90 Å². The Kier molecular flexibility index (Phi) is 8.18. The van der Waals surface area contributed by atoms with Gasteiger partial charge in [0.2, 0.25) is 5.91 Å². The standard InChI is InChI=1S/C30H37ClN2O5S/c1-18(2)16-20(17-34)33-26-28(36)32(25-19(3)10-8-11-21(25)31)14-9-13-30(26)24(27(33)35)23-22(39-30)12-6-4-5-7-15-38-29(23)37/h6,8-13,18,20,22-24,26,34H,4-5,7,14-17H2,1-3H3/b12-6-/t20-,22+,23-,24+,26?,30+/m1/s1. The first-order valence-corrected chi connectivity index (χ1v) is 15.1. The van der Waals surface area contributed by atoms with E-state index in [1.54, 1.807) is 15.9 Å². The molecular formula is C30H37ClN2O5S. The number of carbonyl (C=O) groups excluding carboxylic acids is 3. The number of benzene rings is 1. The first-order valence-electron chi connectivity index (χ1n) is 13.9. The minimum Gasteiger partial charge on any atom is -0.465 e. The van der Waals surface area contributed by atoms with Crippen molar-refractivity contribution in [1.29, 1.82) is 0 Å². The Balaban J connectivity index is 1.66. The maximum Gasteiger partial charge on any atom is 0.311 e. The number of aryl methyl sites for hydroxylation is 1. The minimum atomic E-state index is -0.977. The van der Waals surface area contributed by atoms with Gasteiger partial charge in [0.05, 0.1) is 46.5 Å². The summed E-state index contributed by atoms with van der Waals surface area (Å²) in [6, 6.07) is 4.06. The fraction of sp³-hybridized carbons (Fsp3) is 0.567. The maximum absolute atomic E-state index is 14.7. The molecule has 2 saturated heterocycles. The Bertz CT molecular complexity index is 1180. The van der Waals surface area contributed by atoms with Gasteiger partial charge in [-0.1, -0.05) is 61.9 Å². The third-order valence-corrected chi connectivity index (χ3v) is 10.4. The largest absolute Gasteiger partial charge is 0.465 e. The number of carbonyl (C=O) groups is 3. The number of para-hydroxylation sites is 1. The minimum absolute atomic E-state index is 0.187. The van der Waals surface area contributed by atoms with Crippen LogP contribution in [0.2, 0.25) is 5.02 Å². The molecule has 9 heteroatoms. The van der Waals surface area contributed by atoms with Gasteiger partial charge in [0.15, 0.2) is 0 Å². The van der Waals surface area contributed by atoms with Gasteiger partial charge in [-0.3, -0.25) is 14.4 Å². The van der Waals surface area contributed by atoms with Crippen LogP contribution in [-0.2, 0) is 19.1 Å². The Morgan fingerprint density at radius 3 is 2.69 bits per heavy atom. The molecular weight excluding hydrogens is 536 g/mol. The van der Waals surface area contributed by atoms with Crippen molar-refractivity contribution in [3.8, 4) is 0 Å². The zero-order valence-electron chi connectivity index (χ0n) is 22.7. The van der Waals surface area contributed by atoms with Crippen LogP contribution in [0, 0.1) is 24.7 Å². The third kappa shape index (κ3) is 4.82. The van der Waals surface area contributed by atoms with Crippen molar-refractivity contribution in [3.05, 3.63) is 53.1 Å². The van der Waals surface area contributed by atoms with Crippen LogP contribution in [0.4, 0.5) is 5.69 Å². The number of allylic oxidation sites excluding steroid dienone is 1. The highest BCUT2D eigenvalue weighted by atomic mass is 35.5. The molecule has 4 heterocycles. The summed E-state index contributed by atoms with van der Waals surface area (Å²) in [4.78, 5) is 45.9. The van der Waals surface area contributed by atoms with Crippen molar-refractivity contribution in [2.75, 3.05) is 24.7 Å². The van der Waals surface area contributed by atoms with Crippen molar-refractivity contribution in [3.63, 3.8) is 0 Å². The molecule has 2 fully saturated rings. The van der Waals surface area contributed by atoms with Gasteiger partial charge in [-0.25, -0.2) is 0 Å². The summed E-state index contributed by atoms with van der Waals surface area (Å²) in [6.07, 6.45) is 11.1. The van der Waals surface area contributed by atoms with E-state index >= 15 is 0 Å². The van der Waals surface area contributed by atoms with Crippen LogP contribution in [0.5, 0.6) is 0 Å². The fourth-order valence-electron chi connectivity index (χ4n) is 6.74. The molecule has 5 rings (SSSR count). The number of likely N-dealkylation sites (tertiary alicyclic amines) is 1. The van der Waals surface area contributed by atoms with Crippen LogP contribution >= 0.6 is 23.4 Å². The van der Waals surface area contributed by atoms with Crippen molar-refractivity contribution in [2.45, 2.75) is 68.5 Å². The number of esters is 1. The van der Waals surface area contributed by atoms with Gasteiger partial charge in [-0.2, -0.15) is 0 Å². The molecule has 0 radical (unpaired) electrons. The number of rotatable bonds is 5. The van der Waals surface area contributed by atoms with E-state index in [1.165, 1.54) is 11.8 Å². The molecule has 2 amide bonds. The van der Waals surface area contributed by atoms with Crippen LogP contribution in [0.25, 0.3) is 0 Å². The molecule has 0 aliphatic carbocycles. The zero-order chi connectivity index (χ0) is 27.9. The monoisotopic (exact) mass is 572 g/mol. The van der Waals surface area contributed by atoms with Gasteiger partial charge in [-0.05, 0) is 50.2 Å². The number of cyclic esters (lactones) is 1. The summed E-state index contributed by atoms with van der Waals surface area (Å²) >= 11 is 8.15. The summed E-state index contributed by atoms with van der Waals surface area (Å²) in [6.45, 7) is 6.31. The van der Waals surface area contributed by atoms with Gasteiger partial charge in [0, 0.05) is 11.8 Å². The van der Waals surface area contributed by atoms with Gasteiger partial charge in [0.1, 0.15) is 6.04 Å². The molecule has 1 aromatic rings. The second-order valence-corrected chi connectivity index (χ2v) is 13.3. The number of aliphatic hydroxyl groups is 1. The average Bonchev–Trinajstić information content (AvgIpc) is 3.28. The second kappa shape index (κ2) is 11.3. The highest BCUT2D eigenvalue weighted by Crippen LogP contribution is 2.61. The third-order valence-electron chi connectivity index (χ3n) is 8.35. The number of nitrogens with zero attached hydrogens (tertiary/aromatic N) is 2. The van der Waals surface area contributed by atoms with Gasteiger partial charge in [0.25, 0.3) is 5.91 Å². The second-order valence-electron chi connectivity index (χ2n) is 11.4. The topological polar surface area (TPSA) is 87.2 Å². The summed E-state index contributed by atoms with van der Waals surface area (Å²) in [5, 5.41) is 10.7. The molecule has 7 nitrogen and oxygen atoms in total. The van der Waals surface area contributed by atoms with Crippen LogP contribution in [-0.4, -0.2) is 69.6 Å². The Hall–Kier alpha value is -2.29. The zero-order valence-corrected chi connectivity index (χ0v) is 24.3. The molecule has 210 valence electrons. The van der Waals surface area contributed by atoms with Crippen molar-refractivity contribution < 1.29 is 24.2 Å². The van der Waals surface area contributed by atoms with E-state index in [0.29, 0.717) is 30.3 Å². The first-order chi connectivity index (χ1) is 18.7. The number of hydrogen-bond acceptors (Lipinski definition) is 6. The SMILES string of the molecule is Cc1cccc(Cl)c1N1CC=C[C@]23S[C@H]4/C=C\CCCCOC(=O)[C@H]4[C@H]2C(=O)N([C@@H](CO)CC(C)C)C3C1=O. The number of thioether (sulfide) groups is 1. The lowest BCUT2D eigenvalue weighted by Gasteiger charge is -2.39. The molecule has 6 atom stereocenters. The van der Waals surface area contributed by atoms with E-state index in [1.807, 2.05) is 51.1 Å². The van der Waals surface area contributed by atoms with E-state index in [9.17, 15) is 19.5 Å². The van der Waals surface area contributed by atoms with Crippen LogP contribution in [0.1, 0.15) is 45.1 Å². The van der Waals surface area contributed by atoms with E-state index in [2.05, 4.69) is 6.08 Å². The predicted molar refractivity (Wildman–Crippen MR) is 154 cm³/mol. The Morgan fingerprint density at radius 2 is 1.97 bits per heavy atom. The first kappa shape index (κ1) is 28.2. The summed E-state index contributed by atoms with van der Waals surface area (Å²) < 4.78 is 4.71. The van der Waals surface area contributed by atoms with E-state index in [-0.39, 0.29) is 35.6 Å².